The van der Waals surface area contributed by atoms with Crippen molar-refractivity contribution in [3.63, 3.8) is 0 Å². The van der Waals surface area contributed by atoms with Gasteiger partial charge in [-0.15, -0.1) is 0 Å². The molecule has 2 N–H and O–H groups in total. The highest BCUT2D eigenvalue weighted by molar-refractivity contribution is 14.1. The summed E-state index contributed by atoms with van der Waals surface area (Å²) in [6.45, 7) is -0.647. The molecule has 204 valence electrons. The highest BCUT2D eigenvalue weighted by Gasteiger charge is 2.33. The standard InChI is InChI=1S/C20H10F5I2NO8S2/c21-14-15(22)17(24)20(18(25)16(14)23)37(30,31)28-8-1-3-9(4-2-8)36-13(29)7-35-10-5-11(26)19(12(27)6-10)38(32,33)34/h1-6,28H,7H2,(H,32,33,34). The Bertz CT molecular complexity index is 1600. The van der Waals surface area contributed by atoms with E-state index in [1.165, 1.54) is 12.1 Å². The molecule has 38 heavy (non-hydrogen) atoms. The lowest BCUT2D eigenvalue weighted by molar-refractivity contribution is -0.136. The Morgan fingerprint density at radius 1 is 0.789 bits per heavy atom. The van der Waals surface area contributed by atoms with Crippen LogP contribution in [0, 0.1) is 36.2 Å². The second-order valence-electron chi connectivity index (χ2n) is 6.98. The van der Waals surface area contributed by atoms with Gasteiger partial charge in [-0.25, -0.2) is 35.2 Å². The maximum absolute atomic E-state index is 13.9. The average Bonchev–Trinajstić information content (AvgIpc) is 2.80. The quantitative estimate of drug-likeness (QED) is 0.0641. The summed E-state index contributed by atoms with van der Waals surface area (Å²) < 4.78 is 136. The Labute approximate surface area is 238 Å². The lowest BCUT2D eigenvalue weighted by Crippen LogP contribution is -2.20. The van der Waals surface area contributed by atoms with Crippen molar-refractivity contribution in [1.82, 2.24) is 0 Å². The number of ether oxygens (including phenoxy) is 2. The number of sulfonamides is 1. The first-order chi connectivity index (χ1) is 17.5. The lowest BCUT2D eigenvalue weighted by Gasteiger charge is -2.12. The summed E-state index contributed by atoms with van der Waals surface area (Å²) in [5.41, 5.74) is -0.368. The zero-order valence-electron chi connectivity index (χ0n) is 17.9. The third-order valence-electron chi connectivity index (χ3n) is 4.36. The van der Waals surface area contributed by atoms with E-state index in [2.05, 4.69) is 0 Å². The monoisotopic (exact) mass is 805 g/mol. The van der Waals surface area contributed by atoms with Gasteiger partial charge in [-0.05, 0) is 81.6 Å². The van der Waals surface area contributed by atoms with Gasteiger partial charge in [0.15, 0.2) is 34.8 Å². The van der Waals surface area contributed by atoms with Crippen LogP contribution in [0.4, 0.5) is 27.6 Å². The third kappa shape index (κ3) is 6.63. The number of hydrogen-bond donors (Lipinski definition) is 2. The molecule has 18 heteroatoms. The number of benzene rings is 3. The summed E-state index contributed by atoms with van der Waals surface area (Å²) in [6, 6.07) is 6.58. The largest absolute Gasteiger partial charge is 0.482 e. The minimum Gasteiger partial charge on any atom is -0.482 e. The van der Waals surface area contributed by atoms with E-state index in [0.717, 1.165) is 24.3 Å². The van der Waals surface area contributed by atoms with Crippen LogP contribution in [-0.4, -0.2) is 34.0 Å². The fraction of sp³-hybridized carbons (Fsp3) is 0.0500. The van der Waals surface area contributed by atoms with Gasteiger partial charge in [-0.3, -0.25) is 9.27 Å². The zero-order chi connectivity index (χ0) is 28.6. The molecule has 3 rings (SSSR count). The number of rotatable bonds is 8. The molecule has 0 radical (unpaired) electrons. The SMILES string of the molecule is O=C(COc1cc(I)c(S(=O)(=O)O)c(I)c1)Oc1ccc(NS(=O)(=O)c2c(F)c(F)c(F)c(F)c2F)cc1. The van der Waals surface area contributed by atoms with Crippen LogP contribution in [0.25, 0.3) is 0 Å². The van der Waals surface area contributed by atoms with Crippen molar-refractivity contribution in [2.75, 3.05) is 11.3 Å². The van der Waals surface area contributed by atoms with Gasteiger partial charge in [0.05, 0.1) is 0 Å². The van der Waals surface area contributed by atoms with Crippen molar-refractivity contribution < 1.29 is 57.6 Å². The molecular weight excluding hydrogens is 795 g/mol. The Morgan fingerprint density at radius 3 is 1.74 bits per heavy atom. The number of carbonyl (C=O) groups is 1. The summed E-state index contributed by atoms with van der Waals surface area (Å²) in [5.74, 6) is -13.5. The summed E-state index contributed by atoms with van der Waals surface area (Å²) >= 11 is 3.30. The van der Waals surface area contributed by atoms with E-state index < -0.39 is 66.7 Å². The van der Waals surface area contributed by atoms with Gasteiger partial charge in [-0.2, -0.15) is 8.42 Å². The van der Waals surface area contributed by atoms with Crippen molar-refractivity contribution in [3.05, 3.63) is 72.6 Å². The van der Waals surface area contributed by atoms with Crippen molar-refractivity contribution >= 4 is 77.0 Å². The van der Waals surface area contributed by atoms with E-state index in [4.69, 9.17) is 9.47 Å². The van der Waals surface area contributed by atoms with Gasteiger partial charge < -0.3 is 9.47 Å². The second kappa shape index (κ2) is 11.4. The van der Waals surface area contributed by atoms with Crippen molar-refractivity contribution in [2.45, 2.75) is 9.79 Å². The van der Waals surface area contributed by atoms with Gasteiger partial charge in [0.1, 0.15) is 16.4 Å². The van der Waals surface area contributed by atoms with Crippen LogP contribution in [0.2, 0.25) is 0 Å². The van der Waals surface area contributed by atoms with Crippen LogP contribution in [-0.2, 0) is 24.9 Å². The normalized spacial score (nSPS) is 11.8. The van der Waals surface area contributed by atoms with E-state index >= 15 is 0 Å². The average molecular weight is 805 g/mol. The molecule has 0 aliphatic rings. The van der Waals surface area contributed by atoms with Gasteiger partial charge in [0, 0.05) is 12.8 Å². The summed E-state index contributed by atoms with van der Waals surface area (Å²) in [4.78, 5) is 9.66. The van der Waals surface area contributed by atoms with Crippen LogP contribution in [0.3, 0.4) is 0 Å². The third-order valence-corrected chi connectivity index (χ3v) is 9.15. The molecule has 0 saturated carbocycles. The molecule has 0 aromatic heterocycles. The Balaban J connectivity index is 1.68. The van der Waals surface area contributed by atoms with E-state index in [0.29, 0.717) is 0 Å². The van der Waals surface area contributed by atoms with Crippen LogP contribution in [0.15, 0.2) is 46.2 Å². The van der Waals surface area contributed by atoms with Crippen molar-refractivity contribution in [2.24, 2.45) is 0 Å². The van der Waals surface area contributed by atoms with Gasteiger partial charge in [0.2, 0.25) is 5.82 Å². The Morgan fingerprint density at radius 2 is 1.26 bits per heavy atom. The first-order valence-corrected chi connectivity index (χ1v) is 14.6. The molecule has 0 heterocycles. The molecule has 0 spiro atoms. The van der Waals surface area contributed by atoms with Crippen molar-refractivity contribution in [1.29, 1.82) is 0 Å². The summed E-state index contributed by atoms with van der Waals surface area (Å²) in [5, 5.41) is 0. The number of anilines is 1. The summed E-state index contributed by atoms with van der Waals surface area (Å²) in [6.07, 6.45) is 0. The number of hydrogen-bond acceptors (Lipinski definition) is 7. The smallest absolute Gasteiger partial charge is 0.349 e. The fourth-order valence-electron chi connectivity index (χ4n) is 2.79. The minimum absolute atomic E-state index is 0.0843. The predicted molar refractivity (Wildman–Crippen MR) is 136 cm³/mol. The number of halogens is 7. The van der Waals surface area contributed by atoms with Crippen molar-refractivity contribution in [3.8, 4) is 11.5 Å². The molecule has 0 aliphatic carbocycles. The van der Waals surface area contributed by atoms with Gasteiger partial charge in [-0.1, -0.05) is 0 Å². The Kier molecular flexibility index (Phi) is 9.10. The molecule has 0 amide bonds. The first-order valence-electron chi connectivity index (χ1n) is 9.47. The van der Waals surface area contributed by atoms with Gasteiger partial charge >= 0.3 is 5.97 Å². The van der Waals surface area contributed by atoms with Crippen LogP contribution in [0.5, 0.6) is 11.5 Å². The Hall–Kier alpha value is -2.30. The number of carbonyl (C=O) groups excluding carboxylic acids is 1. The highest BCUT2D eigenvalue weighted by atomic mass is 127. The van der Waals surface area contributed by atoms with Crippen LogP contribution < -0.4 is 14.2 Å². The molecule has 0 saturated heterocycles. The molecule has 9 nitrogen and oxygen atoms in total. The minimum atomic E-state index is -5.26. The maximum Gasteiger partial charge on any atom is 0.349 e. The molecule has 3 aromatic carbocycles. The summed E-state index contributed by atoms with van der Waals surface area (Å²) in [7, 11) is -9.74. The molecule has 3 aromatic rings. The molecule has 0 bridgehead atoms. The topological polar surface area (TPSA) is 136 Å². The van der Waals surface area contributed by atoms with Crippen LogP contribution in [0.1, 0.15) is 0 Å². The molecule has 0 atom stereocenters. The van der Waals surface area contributed by atoms with Crippen LogP contribution >= 0.6 is 45.2 Å². The zero-order valence-corrected chi connectivity index (χ0v) is 23.9. The van der Waals surface area contributed by atoms with E-state index in [-0.39, 0.29) is 29.2 Å². The van der Waals surface area contributed by atoms with E-state index in [1.54, 1.807) is 49.9 Å². The molecule has 0 unspecified atom stereocenters. The highest BCUT2D eigenvalue weighted by Crippen LogP contribution is 2.30. The lowest BCUT2D eigenvalue weighted by atomic mass is 10.3. The molecule has 0 fully saturated rings. The van der Waals surface area contributed by atoms with Gasteiger partial charge in [0.25, 0.3) is 20.1 Å². The number of esters is 1. The first kappa shape index (κ1) is 30.2. The fourth-order valence-corrected chi connectivity index (χ4v) is 7.98. The van der Waals surface area contributed by atoms with E-state index in [1.807, 2.05) is 0 Å². The molecule has 0 aliphatic heterocycles. The number of nitrogens with one attached hydrogen (secondary N) is 1. The second-order valence-corrected chi connectivity index (χ2v) is 12.3. The maximum atomic E-state index is 13.9. The predicted octanol–water partition coefficient (Wildman–Crippen LogP) is 4.62. The van der Waals surface area contributed by atoms with E-state index in [9.17, 15) is 48.1 Å². The molecular formula is C20H10F5I2NO8S2.